The van der Waals surface area contributed by atoms with Gasteiger partial charge in [-0.15, -0.1) is 0 Å². The summed E-state index contributed by atoms with van der Waals surface area (Å²) in [5, 5.41) is 2.78. The molecule has 2 aromatic rings. The SMILES string of the molecule is CC1=C(C(=O)OCc2ccccc2)[C@]2(C(=O)Nc3ccc(Br)cc32)C(C(=O)OC(C)(C)C)=C(N)O1. The molecule has 9 heteroatoms. The van der Waals surface area contributed by atoms with Gasteiger partial charge < -0.3 is 25.3 Å². The highest BCUT2D eigenvalue weighted by Crippen LogP contribution is 2.53. The number of esters is 2. The summed E-state index contributed by atoms with van der Waals surface area (Å²) in [5.41, 5.74) is 4.50. The molecule has 2 aromatic carbocycles. The normalized spacial score (nSPS) is 19.3. The second-order valence-corrected chi connectivity index (χ2v) is 10.1. The number of amides is 1. The molecule has 0 radical (unpaired) electrons. The Kier molecular flexibility index (Phi) is 6.23. The molecule has 182 valence electrons. The van der Waals surface area contributed by atoms with Crippen molar-refractivity contribution in [2.24, 2.45) is 5.73 Å². The molecule has 0 aromatic heterocycles. The van der Waals surface area contributed by atoms with Crippen molar-refractivity contribution in [3.8, 4) is 0 Å². The molecule has 1 spiro atoms. The van der Waals surface area contributed by atoms with Crippen LogP contribution in [0.3, 0.4) is 0 Å². The molecule has 4 rings (SSSR count). The van der Waals surface area contributed by atoms with Crippen molar-refractivity contribution in [3.63, 3.8) is 0 Å². The number of nitrogens with two attached hydrogens (primary N) is 1. The summed E-state index contributed by atoms with van der Waals surface area (Å²) in [5.74, 6) is -2.60. The smallest absolute Gasteiger partial charge is 0.341 e. The Morgan fingerprint density at radius 1 is 1.09 bits per heavy atom. The van der Waals surface area contributed by atoms with Gasteiger partial charge in [0.1, 0.15) is 34.5 Å². The first-order valence-corrected chi connectivity index (χ1v) is 11.7. The number of hydrogen-bond acceptors (Lipinski definition) is 7. The summed E-state index contributed by atoms with van der Waals surface area (Å²) in [6, 6.07) is 14.2. The van der Waals surface area contributed by atoms with Crippen LogP contribution in [0, 0.1) is 0 Å². The van der Waals surface area contributed by atoms with E-state index in [4.69, 9.17) is 19.9 Å². The summed E-state index contributed by atoms with van der Waals surface area (Å²) < 4.78 is 17.5. The molecule has 0 aliphatic carbocycles. The third-order valence-corrected chi connectivity index (χ3v) is 6.10. The van der Waals surface area contributed by atoms with Crippen LogP contribution in [0.5, 0.6) is 0 Å². The average Bonchev–Trinajstić information content (AvgIpc) is 3.03. The number of allylic oxidation sites excluding steroid dienone is 1. The van der Waals surface area contributed by atoms with Crippen LogP contribution < -0.4 is 11.1 Å². The Balaban J connectivity index is 1.90. The van der Waals surface area contributed by atoms with Gasteiger partial charge >= 0.3 is 11.9 Å². The molecule has 0 unspecified atom stereocenters. The van der Waals surface area contributed by atoms with Gasteiger partial charge in [0, 0.05) is 15.7 Å². The van der Waals surface area contributed by atoms with Crippen LogP contribution in [0.25, 0.3) is 0 Å². The number of fused-ring (bicyclic) bond motifs is 2. The maximum atomic E-state index is 13.8. The molecule has 2 aliphatic heterocycles. The molecular formula is C26H25BrN2O6. The van der Waals surface area contributed by atoms with Crippen molar-refractivity contribution in [2.75, 3.05) is 5.32 Å². The summed E-state index contributed by atoms with van der Waals surface area (Å²) in [7, 11) is 0. The first-order chi connectivity index (χ1) is 16.4. The van der Waals surface area contributed by atoms with Gasteiger partial charge in [0.15, 0.2) is 0 Å². The zero-order chi connectivity index (χ0) is 25.5. The van der Waals surface area contributed by atoms with E-state index in [2.05, 4.69) is 21.2 Å². The van der Waals surface area contributed by atoms with E-state index in [1.165, 1.54) is 6.92 Å². The largest absolute Gasteiger partial charge is 0.457 e. The molecule has 1 amide bonds. The van der Waals surface area contributed by atoms with Crippen molar-refractivity contribution in [1.82, 2.24) is 0 Å². The third kappa shape index (κ3) is 4.32. The van der Waals surface area contributed by atoms with Crippen molar-refractivity contribution in [3.05, 3.63) is 86.9 Å². The van der Waals surface area contributed by atoms with Gasteiger partial charge in [-0.2, -0.15) is 0 Å². The number of ether oxygens (including phenoxy) is 3. The van der Waals surface area contributed by atoms with E-state index in [1.54, 1.807) is 51.1 Å². The first-order valence-electron chi connectivity index (χ1n) is 10.9. The maximum Gasteiger partial charge on any atom is 0.341 e. The van der Waals surface area contributed by atoms with Crippen LogP contribution in [0.15, 0.2) is 75.8 Å². The van der Waals surface area contributed by atoms with Gasteiger partial charge in [-0.25, -0.2) is 9.59 Å². The zero-order valence-corrected chi connectivity index (χ0v) is 21.3. The van der Waals surface area contributed by atoms with Gasteiger partial charge in [0.05, 0.1) is 0 Å². The van der Waals surface area contributed by atoms with Crippen LogP contribution in [0.2, 0.25) is 0 Å². The van der Waals surface area contributed by atoms with E-state index in [0.717, 1.165) is 5.56 Å². The Bertz CT molecular complexity index is 1290. The molecule has 3 N–H and O–H groups in total. The van der Waals surface area contributed by atoms with Crippen LogP contribution in [-0.4, -0.2) is 23.4 Å². The molecule has 1 atom stereocenters. The minimum atomic E-state index is -1.93. The summed E-state index contributed by atoms with van der Waals surface area (Å²) >= 11 is 3.42. The fourth-order valence-corrected chi connectivity index (χ4v) is 4.65. The predicted octanol–water partition coefficient (Wildman–Crippen LogP) is 4.20. The lowest BCUT2D eigenvalue weighted by atomic mass is 9.67. The molecule has 35 heavy (non-hydrogen) atoms. The van der Waals surface area contributed by atoms with Crippen molar-refractivity contribution >= 4 is 39.5 Å². The minimum Gasteiger partial charge on any atom is -0.457 e. The lowest BCUT2D eigenvalue weighted by molar-refractivity contribution is -0.152. The first kappa shape index (κ1) is 24.5. The number of halogens is 1. The minimum absolute atomic E-state index is 0.0412. The van der Waals surface area contributed by atoms with Crippen molar-refractivity contribution < 1.29 is 28.6 Å². The van der Waals surface area contributed by atoms with E-state index in [-0.39, 0.29) is 29.4 Å². The van der Waals surface area contributed by atoms with Crippen LogP contribution >= 0.6 is 15.9 Å². The fraction of sp³-hybridized carbons (Fsp3) is 0.269. The Labute approximate surface area is 211 Å². The molecule has 2 aliphatic rings. The van der Waals surface area contributed by atoms with Crippen molar-refractivity contribution in [1.29, 1.82) is 0 Å². The van der Waals surface area contributed by atoms with Gasteiger partial charge in [0.25, 0.3) is 0 Å². The molecule has 8 nitrogen and oxygen atoms in total. The summed E-state index contributed by atoms with van der Waals surface area (Å²) in [6.07, 6.45) is 0. The van der Waals surface area contributed by atoms with Gasteiger partial charge in [-0.05, 0) is 51.5 Å². The van der Waals surface area contributed by atoms with Crippen LogP contribution in [0.4, 0.5) is 5.69 Å². The Morgan fingerprint density at radius 2 is 1.77 bits per heavy atom. The Morgan fingerprint density at radius 3 is 2.43 bits per heavy atom. The lowest BCUT2D eigenvalue weighted by Gasteiger charge is -2.36. The zero-order valence-electron chi connectivity index (χ0n) is 19.7. The molecule has 0 saturated heterocycles. The topological polar surface area (TPSA) is 117 Å². The van der Waals surface area contributed by atoms with Gasteiger partial charge in [-0.1, -0.05) is 46.3 Å². The summed E-state index contributed by atoms with van der Waals surface area (Å²) in [6.45, 7) is 6.53. The third-order valence-electron chi connectivity index (χ3n) is 5.61. The highest BCUT2D eigenvalue weighted by Gasteiger charge is 2.62. The number of anilines is 1. The second-order valence-electron chi connectivity index (χ2n) is 9.23. The molecular weight excluding hydrogens is 516 g/mol. The summed E-state index contributed by atoms with van der Waals surface area (Å²) in [4.78, 5) is 40.8. The van der Waals surface area contributed by atoms with Crippen LogP contribution in [0.1, 0.15) is 38.8 Å². The number of carbonyl (C=O) groups is 3. The number of benzene rings is 2. The standard InChI is InChI=1S/C26H25BrN2O6/c1-14-19(22(30)33-13-15-8-6-5-7-9-15)26(17-12-16(27)10-11-18(17)29-24(26)32)20(21(28)34-14)23(31)35-25(2,3)4/h5-12H,13,28H2,1-4H3,(H,29,32)/t26-/m0/s1. The molecule has 2 heterocycles. The van der Waals surface area contributed by atoms with E-state index in [0.29, 0.717) is 15.7 Å². The predicted molar refractivity (Wildman–Crippen MR) is 132 cm³/mol. The number of hydrogen-bond donors (Lipinski definition) is 2. The second kappa shape index (κ2) is 8.88. The number of carbonyl (C=O) groups excluding carboxylic acids is 3. The van der Waals surface area contributed by atoms with E-state index >= 15 is 0 Å². The quantitative estimate of drug-likeness (QED) is 0.558. The number of nitrogens with one attached hydrogen (secondary N) is 1. The fourth-order valence-electron chi connectivity index (χ4n) is 4.29. The van der Waals surface area contributed by atoms with Gasteiger partial charge in [0.2, 0.25) is 11.8 Å². The molecule has 0 bridgehead atoms. The molecule has 0 saturated carbocycles. The lowest BCUT2D eigenvalue weighted by Crippen LogP contribution is -2.49. The van der Waals surface area contributed by atoms with E-state index in [1.807, 2.05) is 18.2 Å². The highest BCUT2D eigenvalue weighted by molar-refractivity contribution is 9.10. The molecule has 0 fully saturated rings. The Hall–Kier alpha value is -3.59. The van der Waals surface area contributed by atoms with Crippen molar-refractivity contribution in [2.45, 2.75) is 45.3 Å². The highest BCUT2D eigenvalue weighted by atomic mass is 79.9. The average molecular weight is 541 g/mol. The van der Waals surface area contributed by atoms with E-state index < -0.39 is 28.9 Å². The van der Waals surface area contributed by atoms with E-state index in [9.17, 15) is 14.4 Å². The van der Waals surface area contributed by atoms with Crippen LogP contribution in [-0.2, 0) is 40.6 Å². The number of rotatable bonds is 4. The maximum absolute atomic E-state index is 13.8. The van der Waals surface area contributed by atoms with Gasteiger partial charge in [-0.3, -0.25) is 4.79 Å². The monoisotopic (exact) mass is 540 g/mol.